The lowest BCUT2D eigenvalue weighted by Gasteiger charge is -2.22. The van der Waals surface area contributed by atoms with Crippen molar-refractivity contribution in [2.45, 2.75) is 12.5 Å². The number of ketones is 1. The molecule has 1 atom stereocenters. The first kappa shape index (κ1) is 17.3. The number of nitrogens with one attached hydrogen (secondary N) is 1. The number of ether oxygens (including phenoxy) is 2. The number of nitrogens with zero attached hydrogens (tertiary/aromatic N) is 1. The molecule has 0 unspecified atom stereocenters. The van der Waals surface area contributed by atoms with Gasteiger partial charge in [-0.05, 0) is 36.8 Å². The zero-order valence-corrected chi connectivity index (χ0v) is 15.4. The molecular weight excluding hydrogens is 376 g/mol. The minimum absolute atomic E-state index is 0.100. The van der Waals surface area contributed by atoms with Gasteiger partial charge in [0.1, 0.15) is 11.1 Å². The van der Waals surface area contributed by atoms with Gasteiger partial charge in [-0.2, -0.15) is 0 Å². The summed E-state index contributed by atoms with van der Waals surface area (Å²) in [5, 5.41) is 3.46. The van der Waals surface area contributed by atoms with Crippen LogP contribution in [0, 0.1) is 0 Å². The smallest absolute Gasteiger partial charge is 0.325 e. The molecule has 3 heterocycles. The van der Waals surface area contributed by atoms with E-state index in [2.05, 4.69) is 5.32 Å². The molecule has 8 heteroatoms. The number of fused-ring (bicyclic) bond motifs is 2. The van der Waals surface area contributed by atoms with E-state index >= 15 is 0 Å². The summed E-state index contributed by atoms with van der Waals surface area (Å²) in [6.45, 7) is 1.29. The molecule has 1 aromatic heterocycles. The van der Waals surface area contributed by atoms with Crippen LogP contribution in [-0.4, -0.2) is 36.0 Å². The Morgan fingerprint density at radius 2 is 1.90 bits per heavy atom. The molecule has 2 aromatic carbocycles. The van der Waals surface area contributed by atoms with E-state index in [1.165, 1.54) is 0 Å². The summed E-state index contributed by atoms with van der Waals surface area (Å²) in [7, 11) is 0. The number of furan rings is 1. The maximum Gasteiger partial charge on any atom is 0.325 e. The fraction of sp³-hybridized carbons (Fsp3) is 0.190. The Morgan fingerprint density at radius 1 is 1.10 bits per heavy atom. The molecule has 1 N–H and O–H groups in total. The number of hydrogen-bond acceptors (Lipinski definition) is 6. The average Bonchev–Trinajstić information content (AvgIpc) is 3.41. The number of carbonyl (C=O) groups is 3. The minimum Gasteiger partial charge on any atom is -0.454 e. The van der Waals surface area contributed by atoms with Gasteiger partial charge < -0.3 is 19.2 Å². The molecule has 0 saturated carbocycles. The predicted molar refractivity (Wildman–Crippen MR) is 101 cm³/mol. The first-order valence-electron chi connectivity index (χ1n) is 9.02. The monoisotopic (exact) mass is 392 g/mol. The lowest BCUT2D eigenvalue weighted by molar-refractivity contribution is -0.130. The first-order chi connectivity index (χ1) is 14.0. The summed E-state index contributed by atoms with van der Waals surface area (Å²) in [6.07, 6.45) is 0. The Kier molecular flexibility index (Phi) is 3.64. The van der Waals surface area contributed by atoms with Crippen molar-refractivity contribution in [3.63, 3.8) is 0 Å². The minimum atomic E-state index is -1.31. The van der Waals surface area contributed by atoms with E-state index < -0.39 is 29.8 Å². The highest BCUT2D eigenvalue weighted by Crippen LogP contribution is 2.37. The van der Waals surface area contributed by atoms with Crippen LogP contribution in [0.3, 0.4) is 0 Å². The Balaban J connectivity index is 1.40. The Morgan fingerprint density at radius 3 is 2.72 bits per heavy atom. The van der Waals surface area contributed by atoms with Gasteiger partial charge in [0.05, 0.1) is 6.54 Å². The number of imide groups is 1. The summed E-state index contributed by atoms with van der Waals surface area (Å²) in [4.78, 5) is 39.1. The zero-order valence-electron chi connectivity index (χ0n) is 15.4. The van der Waals surface area contributed by atoms with E-state index in [9.17, 15) is 14.4 Å². The molecule has 146 valence electrons. The number of rotatable bonds is 4. The molecule has 3 aromatic rings. The highest BCUT2D eigenvalue weighted by molar-refractivity contribution is 6.11. The third-order valence-electron chi connectivity index (χ3n) is 5.23. The molecule has 2 aliphatic rings. The summed E-state index contributed by atoms with van der Waals surface area (Å²) in [5.74, 6) is 0.197. The second kappa shape index (κ2) is 6.10. The lowest BCUT2D eigenvalue weighted by Crippen LogP contribution is -2.41. The first-order valence-corrected chi connectivity index (χ1v) is 9.02. The van der Waals surface area contributed by atoms with Gasteiger partial charge in [-0.25, -0.2) is 4.79 Å². The molecular formula is C21H16N2O6. The fourth-order valence-corrected chi connectivity index (χ4v) is 3.58. The van der Waals surface area contributed by atoms with Gasteiger partial charge in [0.25, 0.3) is 5.91 Å². The summed E-state index contributed by atoms with van der Waals surface area (Å²) < 4.78 is 16.2. The molecule has 29 heavy (non-hydrogen) atoms. The summed E-state index contributed by atoms with van der Waals surface area (Å²) in [5.41, 5.74) is -0.205. The van der Waals surface area contributed by atoms with Crippen LogP contribution in [0.25, 0.3) is 11.0 Å². The third kappa shape index (κ3) is 2.64. The quantitative estimate of drug-likeness (QED) is 0.542. The van der Waals surface area contributed by atoms with Crippen LogP contribution < -0.4 is 14.8 Å². The average molecular weight is 392 g/mol. The van der Waals surface area contributed by atoms with Gasteiger partial charge in [-0.1, -0.05) is 24.3 Å². The molecule has 2 aliphatic heterocycles. The van der Waals surface area contributed by atoms with Crippen LogP contribution in [0.2, 0.25) is 0 Å². The van der Waals surface area contributed by atoms with Gasteiger partial charge in [0.15, 0.2) is 17.3 Å². The second-order valence-electron chi connectivity index (χ2n) is 7.09. The topological polar surface area (TPSA) is 98.1 Å². The van der Waals surface area contributed by atoms with Gasteiger partial charge >= 0.3 is 6.03 Å². The molecule has 8 nitrogen and oxygen atoms in total. The van der Waals surface area contributed by atoms with Gasteiger partial charge in [-0.3, -0.25) is 14.5 Å². The maximum absolute atomic E-state index is 13.1. The largest absolute Gasteiger partial charge is 0.454 e. The van der Waals surface area contributed by atoms with Crippen LogP contribution in [-0.2, 0) is 10.3 Å². The predicted octanol–water partition coefficient (Wildman–Crippen LogP) is 2.81. The van der Waals surface area contributed by atoms with Gasteiger partial charge in [-0.15, -0.1) is 0 Å². The van der Waals surface area contributed by atoms with Crippen molar-refractivity contribution in [3.8, 4) is 11.5 Å². The molecule has 1 fully saturated rings. The molecule has 3 amide bonds. The SMILES string of the molecule is C[C@@]1(c2ccc3c(c2)OCO3)NC(=O)N(CC(=O)c2cc3ccccc3o2)C1=O. The Bertz CT molecular complexity index is 1150. The molecule has 0 radical (unpaired) electrons. The van der Waals surface area contributed by atoms with E-state index in [0.717, 1.165) is 10.3 Å². The molecule has 0 aliphatic carbocycles. The second-order valence-corrected chi connectivity index (χ2v) is 7.09. The molecule has 1 saturated heterocycles. The summed E-state index contributed by atoms with van der Waals surface area (Å²) >= 11 is 0. The van der Waals surface area contributed by atoms with Crippen molar-refractivity contribution in [3.05, 3.63) is 59.9 Å². The lowest BCUT2D eigenvalue weighted by atomic mass is 9.91. The number of Topliss-reactive ketones (excluding diaryl/α,β-unsaturated/α-hetero) is 1. The number of hydrogen-bond donors (Lipinski definition) is 1. The van der Waals surface area contributed by atoms with E-state index in [1.807, 2.05) is 12.1 Å². The number of amides is 3. The van der Waals surface area contributed by atoms with Crippen molar-refractivity contribution in [2.24, 2.45) is 0 Å². The van der Waals surface area contributed by atoms with Crippen LogP contribution in [0.1, 0.15) is 23.0 Å². The maximum atomic E-state index is 13.1. The van der Waals surface area contributed by atoms with E-state index in [-0.39, 0.29) is 12.6 Å². The van der Waals surface area contributed by atoms with Gasteiger partial charge in [0.2, 0.25) is 12.6 Å². The fourth-order valence-electron chi connectivity index (χ4n) is 3.58. The number of benzene rings is 2. The Labute approximate surface area is 165 Å². The van der Waals surface area contributed by atoms with Crippen molar-refractivity contribution < 1.29 is 28.3 Å². The standard InChI is InChI=1S/C21H16N2O6/c1-21(13-6-7-16-18(9-13)28-11-27-16)19(25)23(20(26)22-21)10-14(24)17-8-12-4-2-3-5-15(12)29-17/h2-9H,10-11H2,1H3,(H,22,26)/t21-/m0/s1. The van der Waals surface area contributed by atoms with Gasteiger partial charge in [0, 0.05) is 5.39 Å². The molecule has 0 spiro atoms. The van der Waals surface area contributed by atoms with Crippen LogP contribution in [0.15, 0.2) is 52.9 Å². The van der Waals surface area contributed by atoms with Crippen molar-refractivity contribution >= 4 is 28.7 Å². The molecule has 0 bridgehead atoms. The van der Waals surface area contributed by atoms with E-state index in [4.69, 9.17) is 13.9 Å². The number of urea groups is 1. The highest BCUT2D eigenvalue weighted by atomic mass is 16.7. The van der Waals surface area contributed by atoms with E-state index in [1.54, 1.807) is 43.3 Å². The summed E-state index contributed by atoms with van der Waals surface area (Å²) in [6, 6.07) is 13.2. The van der Waals surface area contributed by atoms with Crippen LogP contribution >= 0.6 is 0 Å². The normalized spacial score (nSPS) is 20.4. The number of para-hydroxylation sites is 1. The Hall–Kier alpha value is -3.81. The zero-order chi connectivity index (χ0) is 20.2. The number of carbonyl (C=O) groups excluding carboxylic acids is 3. The van der Waals surface area contributed by atoms with Crippen LogP contribution in [0.4, 0.5) is 4.79 Å². The van der Waals surface area contributed by atoms with Crippen molar-refractivity contribution in [1.82, 2.24) is 10.2 Å². The van der Waals surface area contributed by atoms with Crippen molar-refractivity contribution in [1.29, 1.82) is 0 Å². The highest BCUT2D eigenvalue weighted by Gasteiger charge is 2.50. The van der Waals surface area contributed by atoms with E-state index in [0.29, 0.717) is 22.6 Å². The van der Waals surface area contributed by atoms with Crippen LogP contribution in [0.5, 0.6) is 11.5 Å². The van der Waals surface area contributed by atoms with Crippen molar-refractivity contribution in [2.75, 3.05) is 13.3 Å². The molecule has 5 rings (SSSR count). The third-order valence-corrected chi connectivity index (χ3v) is 5.23.